The Morgan fingerprint density at radius 3 is 2.32 bits per heavy atom. The number of Topliss-reactive ketones (excluding diaryl/α,β-unsaturated/α-hetero) is 1. The first kappa shape index (κ1) is 15.7. The molecule has 0 aliphatic heterocycles. The van der Waals surface area contributed by atoms with Crippen molar-refractivity contribution in [3.63, 3.8) is 0 Å². The maximum Gasteiger partial charge on any atom is 0.163 e. The third-order valence-electron chi connectivity index (χ3n) is 3.12. The van der Waals surface area contributed by atoms with E-state index in [9.17, 15) is 13.2 Å². The van der Waals surface area contributed by atoms with E-state index in [0.717, 1.165) is 5.56 Å². The summed E-state index contributed by atoms with van der Waals surface area (Å²) in [5, 5.41) is 0. The Morgan fingerprint density at radius 1 is 1.26 bits per heavy atom. The van der Waals surface area contributed by atoms with Gasteiger partial charge in [0.2, 0.25) is 0 Å². The largest absolute Gasteiger partial charge is 0.399 e. The fourth-order valence-electron chi connectivity index (χ4n) is 1.53. The molecule has 2 N–H and O–H groups in total. The zero-order valence-corrected chi connectivity index (χ0v) is 12.7. The lowest BCUT2D eigenvalue weighted by atomic mass is 10.1. The van der Waals surface area contributed by atoms with Gasteiger partial charge in [-0.25, -0.2) is 8.42 Å². The highest BCUT2D eigenvalue weighted by atomic mass is 32.2. The lowest BCUT2D eigenvalue weighted by molar-refractivity contribution is 0.0988. The van der Waals surface area contributed by atoms with Crippen LogP contribution in [0.3, 0.4) is 0 Å². The highest BCUT2D eigenvalue weighted by Gasteiger charge is 2.29. The molecule has 5 heteroatoms. The van der Waals surface area contributed by atoms with Gasteiger partial charge in [0.05, 0.1) is 10.5 Å². The molecule has 4 nitrogen and oxygen atoms in total. The molecule has 1 aromatic rings. The molecule has 0 saturated heterocycles. The van der Waals surface area contributed by atoms with Gasteiger partial charge in [0.25, 0.3) is 0 Å². The lowest BCUT2D eigenvalue weighted by Gasteiger charge is -2.18. The number of hydrogen-bond donors (Lipinski definition) is 1. The minimum absolute atomic E-state index is 0.00294. The topological polar surface area (TPSA) is 77.2 Å². The number of aryl methyl sites for hydroxylation is 1. The first-order valence-electron chi connectivity index (χ1n) is 6.16. The smallest absolute Gasteiger partial charge is 0.163 e. The van der Waals surface area contributed by atoms with Crippen LogP contribution in [-0.2, 0) is 9.84 Å². The fraction of sp³-hybridized carbons (Fsp3) is 0.500. The summed E-state index contributed by atoms with van der Waals surface area (Å²) in [6.45, 7) is 6.73. The normalized spacial score (nSPS) is 12.4. The fourth-order valence-corrected chi connectivity index (χ4v) is 2.59. The van der Waals surface area contributed by atoms with Crippen LogP contribution in [0.15, 0.2) is 18.2 Å². The monoisotopic (exact) mass is 283 g/mol. The van der Waals surface area contributed by atoms with Gasteiger partial charge in [-0.1, -0.05) is 0 Å². The molecule has 0 spiro atoms. The third-order valence-corrected chi connectivity index (χ3v) is 5.73. The predicted molar refractivity (Wildman–Crippen MR) is 78.1 cm³/mol. The molecule has 0 unspecified atom stereocenters. The Kier molecular flexibility index (Phi) is 4.40. The number of anilines is 1. The van der Waals surface area contributed by atoms with E-state index in [4.69, 9.17) is 5.73 Å². The molecule has 0 saturated carbocycles. The van der Waals surface area contributed by atoms with Gasteiger partial charge in [0, 0.05) is 17.7 Å². The van der Waals surface area contributed by atoms with Crippen LogP contribution < -0.4 is 5.73 Å². The number of carbonyl (C=O) groups excluding carboxylic acids is 1. The second-order valence-electron chi connectivity index (χ2n) is 5.68. The Morgan fingerprint density at radius 2 is 1.84 bits per heavy atom. The van der Waals surface area contributed by atoms with Gasteiger partial charge < -0.3 is 5.73 Å². The summed E-state index contributed by atoms with van der Waals surface area (Å²) in [4.78, 5) is 12.0. The number of hydrogen-bond acceptors (Lipinski definition) is 4. The third kappa shape index (κ3) is 3.80. The summed E-state index contributed by atoms with van der Waals surface area (Å²) in [5.41, 5.74) is 7.64. The molecule has 0 heterocycles. The minimum Gasteiger partial charge on any atom is -0.399 e. The van der Waals surface area contributed by atoms with Crippen molar-refractivity contribution in [1.82, 2.24) is 0 Å². The zero-order valence-electron chi connectivity index (χ0n) is 11.9. The van der Waals surface area contributed by atoms with Gasteiger partial charge in [0.15, 0.2) is 15.6 Å². The van der Waals surface area contributed by atoms with Crippen LogP contribution >= 0.6 is 0 Å². The van der Waals surface area contributed by atoms with Crippen molar-refractivity contribution in [2.24, 2.45) is 0 Å². The van der Waals surface area contributed by atoms with Gasteiger partial charge in [-0.2, -0.15) is 0 Å². The van der Waals surface area contributed by atoms with Gasteiger partial charge in [-0.15, -0.1) is 0 Å². The molecule has 0 atom stereocenters. The van der Waals surface area contributed by atoms with Crippen LogP contribution in [0.5, 0.6) is 0 Å². The maximum absolute atomic E-state index is 12.0. The Hall–Kier alpha value is -1.36. The Balaban J connectivity index is 2.79. The van der Waals surface area contributed by atoms with E-state index in [1.54, 1.807) is 39.0 Å². The molecule has 19 heavy (non-hydrogen) atoms. The van der Waals surface area contributed by atoms with Crippen molar-refractivity contribution < 1.29 is 13.2 Å². The van der Waals surface area contributed by atoms with Crippen molar-refractivity contribution in [1.29, 1.82) is 0 Å². The van der Waals surface area contributed by atoms with E-state index in [1.165, 1.54) is 0 Å². The first-order valence-corrected chi connectivity index (χ1v) is 7.81. The van der Waals surface area contributed by atoms with Crippen molar-refractivity contribution in [2.45, 2.75) is 38.9 Å². The SMILES string of the molecule is Cc1cc(C(=O)CCS(=O)(=O)C(C)(C)C)ccc1N. The molecule has 106 valence electrons. The second kappa shape index (κ2) is 5.33. The first-order chi connectivity index (χ1) is 8.54. The van der Waals surface area contributed by atoms with Crippen LogP contribution in [0.2, 0.25) is 0 Å². The molecule has 0 aromatic heterocycles. The summed E-state index contributed by atoms with van der Waals surface area (Å²) < 4.78 is 23.0. The van der Waals surface area contributed by atoms with E-state index in [-0.39, 0.29) is 18.0 Å². The summed E-state index contributed by atoms with van der Waals surface area (Å²) in [6.07, 6.45) is 0.00294. The maximum atomic E-state index is 12.0. The summed E-state index contributed by atoms with van der Waals surface area (Å²) in [5.74, 6) is -0.297. The Bertz CT molecular complexity index is 583. The van der Waals surface area contributed by atoms with E-state index in [0.29, 0.717) is 11.3 Å². The Labute approximate surface area is 114 Å². The van der Waals surface area contributed by atoms with Crippen LogP contribution in [0, 0.1) is 6.92 Å². The molecule has 0 amide bonds. The van der Waals surface area contributed by atoms with Gasteiger partial charge in [0.1, 0.15) is 0 Å². The van der Waals surface area contributed by atoms with Gasteiger partial charge >= 0.3 is 0 Å². The molecule has 0 aliphatic carbocycles. The van der Waals surface area contributed by atoms with E-state index in [2.05, 4.69) is 0 Å². The van der Waals surface area contributed by atoms with Crippen LogP contribution in [0.4, 0.5) is 5.69 Å². The zero-order chi connectivity index (χ0) is 14.8. The molecular formula is C14H21NO3S. The van der Waals surface area contributed by atoms with Crippen LogP contribution in [0.25, 0.3) is 0 Å². The highest BCUT2D eigenvalue weighted by molar-refractivity contribution is 7.92. The number of nitrogen functional groups attached to an aromatic ring is 1. The van der Waals surface area contributed by atoms with E-state index in [1.807, 2.05) is 6.92 Å². The molecule has 0 radical (unpaired) electrons. The van der Waals surface area contributed by atoms with Crippen molar-refractivity contribution >= 4 is 21.3 Å². The highest BCUT2D eigenvalue weighted by Crippen LogP contribution is 2.19. The molecular weight excluding hydrogens is 262 g/mol. The summed E-state index contributed by atoms with van der Waals surface area (Å²) >= 11 is 0. The summed E-state index contributed by atoms with van der Waals surface area (Å²) in [6, 6.07) is 5.00. The summed E-state index contributed by atoms with van der Waals surface area (Å²) in [7, 11) is -3.26. The molecule has 0 bridgehead atoms. The molecule has 1 rings (SSSR count). The van der Waals surface area contributed by atoms with E-state index < -0.39 is 14.6 Å². The molecule has 0 fully saturated rings. The van der Waals surface area contributed by atoms with Crippen molar-refractivity contribution in [3.8, 4) is 0 Å². The van der Waals surface area contributed by atoms with Crippen LogP contribution in [0.1, 0.15) is 43.1 Å². The quantitative estimate of drug-likeness (QED) is 0.679. The average molecular weight is 283 g/mol. The second-order valence-corrected chi connectivity index (χ2v) is 8.54. The van der Waals surface area contributed by atoms with Gasteiger partial charge in [-0.05, 0) is 51.5 Å². The average Bonchev–Trinajstić information content (AvgIpc) is 2.28. The van der Waals surface area contributed by atoms with Crippen LogP contribution in [-0.4, -0.2) is 24.7 Å². The lowest BCUT2D eigenvalue weighted by Crippen LogP contribution is -2.31. The van der Waals surface area contributed by atoms with Gasteiger partial charge in [-0.3, -0.25) is 4.79 Å². The number of carbonyl (C=O) groups is 1. The standard InChI is InChI=1S/C14H21NO3S/c1-10-9-11(5-6-12(10)15)13(16)7-8-19(17,18)14(2,3)4/h5-6,9H,7-8,15H2,1-4H3. The minimum atomic E-state index is -3.26. The number of ketones is 1. The van der Waals surface area contributed by atoms with E-state index >= 15 is 0 Å². The number of benzene rings is 1. The van der Waals surface area contributed by atoms with Crippen molar-refractivity contribution in [3.05, 3.63) is 29.3 Å². The van der Waals surface area contributed by atoms with Crippen molar-refractivity contribution in [2.75, 3.05) is 11.5 Å². The number of nitrogens with two attached hydrogens (primary N) is 1. The molecule has 1 aromatic carbocycles. The number of sulfone groups is 1. The number of rotatable bonds is 4. The molecule has 0 aliphatic rings. The predicted octanol–water partition coefficient (Wildman–Crippen LogP) is 2.36.